The minimum atomic E-state index is -0.154. The predicted octanol–water partition coefficient (Wildman–Crippen LogP) is 4.42. The molecule has 0 amide bonds. The molecule has 0 saturated heterocycles. The highest BCUT2D eigenvalue weighted by Gasteiger charge is 2.57. The summed E-state index contributed by atoms with van der Waals surface area (Å²) in [5.41, 5.74) is 1.70. The molecular weight excluding hydrogens is 328 g/mol. The highest BCUT2D eigenvalue weighted by atomic mass is 16.5. The second kappa shape index (κ2) is 6.69. The Bertz CT molecular complexity index is 624. The fourth-order valence-electron chi connectivity index (χ4n) is 6.92. The molecule has 4 aliphatic carbocycles. The summed E-state index contributed by atoms with van der Waals surface area (Å²) in [7, 11) is 0. The summed E-state index contributed by atoms with van der Waals surface area (Å²) in [5, 5.41) is 0. The normalized spacial score (nSPS) is 44.2. The zero-order valence-electron chi connectivity index (χ0n) is 16.3. The second-order valence-electron chi connectivity index (χ2n) is 9.29. The molecule has 0 spiro atoms. The minimum absolute atomic E-state index is 0.0835. The van der Waals surface area contributed by atoms with Gasteiger partial charge in [0.25, 0.3) is 0 Å². The maximum atomic E-state index is 11.5. The minimum Gasteiger partial charge on any atom is -0.462 e. The van der Waals surface area contributed by atoms with Crippen molar-refractivity contribution in [2.45, 2.75) is 84.3 Å². The summed E-state index contributed by atoms with van der Waals surface area (Å²) in [6.45, 7) is 5.42. The molecule has 4 nitrogen and oxygen atoms in total. The summed E-state index contributed by atoms with van der Waals surface area (Å²) in [6, 6.07) is 0. The second-order valence-corrected chi connectivity index (χ2v) is 9.29. The molecule has 0 aromatic rings. The van der Waals surface area contributed by atoms with E-state index in [0.29, 0.717) is 11.8 Å². The lowest BCUT2D eigenvalue weighted by Gasteiger charge is -2.53. The standard InChI is InChI=1S/C22H32O4/c1-13(23)25-16-5-7-17-15(12-16)4-6-19-18(17)10-11-22(3)20(19)8-9-21(22)26-14(2)24/h4,16-21H,5-12H2,1-3H3/t16?,17?,18?,19?,20?,21-,22-/m0/s1. The molecule has 0 bridgehead atoms. The van der Waals surface area contributed by atoms with Crippen LogP contribution >= 0.6 is 0 Å². The molecule has 0 heterocycles. The number of allylic oxidation sites excluding steroid dienone is 1. The maximum absolute atomic E-state index is 11.5. The summed E-state index contributed by atoms with van der Waals surface area (Å²) >= 11 is 0. The lowest BCUT2D eigenvalue weighted by molar-refractivity contribution is -0.155. The van der Waals surface area contributed by atoms with Crippen LogP contribution in [0.2, 0.25) is 0 Å². The van der Waals surface area contributed by atoms with Crippen LogP contribution in [-0.4, -0.2) is 24.1 Å². The fourth-order valence-corrected chi connectivity index (χ4v) is 6.92. The molecule has 3 saturated carbocycles. The van der Waals surface area contributed by atoms with Gasteiger partial charge in [-0.15, -0.1) is 0 Å². The van der Waals surface area contributed by atoms with Crippen molar-refractivity contribution in [3.63, 3.8) is 0 Å². The van der Waals surface area contributed by atoms with E-state index in [1.54, 1.807) is 12.5 Å². The van der Waals surface area contributed by atoms with Gasteiger partial charge in [0.15, 0.2) is 0 Å². The quantitative estimate of drug-likeness (QED) is 0.540. The largest absolute Gasteiger partial charge is 0.462 e. The highest BCUT2D eigenvalue weighted by Crippen LogP contribution is 2.62. The molecule has 0 aromatic carbocycles. The number of carbonyl (C=O) groups is 2. The number of carbonyl (C=O) groups excluding carboxylic acids is 2. The van der Waals surface area contributed by atoms with Crippen LogP contribution in [0.4, 0.5) is 0 Å². The van der Waals surface area contributed by atoms with Crippen molar-refractivity contribution in [3.05, 3.63) is 11.6 Å². The van der Waals surface area contributed by atoms with E-state index in [1.807, 2.05) is 0 Å². The van der Waals surface area contributed by atoms with Gasteiger partial charge in [0.05, 0.1) is 0 Å². The Morgan fingerprint density at radius 1 is 1.00 bits per heavy atom. The SMILES string of the molecule is CC(=O)OC1CCC2C(=CCC3C2CC[C@@]2(C)C3CC[C@@H]2OC(C)=O)C1. The van der Waals surface area contributed by atoms with Gasteiger partial charge in [0, 0.05) is 25.7 Å². The smallest absolute Gasteiger partial charge is 0.302 e. The van der Waals surface area contributed by atoms with Crippen molar-refractivity contribution >= 4 is 11.9 Å². The Balaban J connectivity index is 1.50. The van der Waals surface area contributed by atoms with Crippen LogP contribution in [0, 0.1) is 29.1 Å². The van der Waals surface area contributed by atoms with E-state index in [-0.39, 0.29) is 29.6 Å². The van der Waals surface area contributed by atoms with E-state index >= 15 is 0 Å². The Hall–Kier alpha value is -1.32. The molecular formula is C22H32O4. The first-order valence-corrected chi connectivity index (χ1v) is 10.4. The highest BCUT2D eigenvalue weighted by molar-refractivity contribution is 5.66. The van der Waals surface area contributed by atoms with Gasteiger partial charge >= 0.3 is 11.9 Å². The molecule has 4 heteroatoms. The van der Waals surface area contributed by atoms with Crippen LogP contribution < -0.4 is 0 Å². The molecule has 26 heavy (non-hydrogen) atoms. The third-order valence-electron chi connectivity index (χ3n) is 7.95. The van der Waals surface area contributed by atoms with Crippen molar-refractivity contribution < 1.29 is 19.1 Å². The number of ether oxygens (including phenoxy) is 2. The molecule has 0 aliphatic heterocycles. The van der Waals surface area contributed by atoms with Gasteiger partial charge in [0.2, 0.25) is 0 Å². The van der Waals surface area contributed by atoms with Crippen molar-refractivity contribution in [2.75, 3.05) is 0 Å². The van der Waals surface area contributed by atoms with Crippen molar-refractivity contribution in [2.24, 2.45) is 29.1 Å². The number of esters is 2. The number of hydrogen-bond acceptors (Lipinski definition) is 4. The number of hydrogen-bond donors (Lipinski definition) is 0. The van der Waals surface area contributed by atoms with Crippen molar-refractivity contribution in [1.82, 2.24) is 0 Å². The Labute approximate surface area is 156 Å². The third-order valence-corrected chi connectivity index (χ3v) is 7.95. The lowest BCUT2D eigenvalue weighted by atomic mass is 9.53. The van der Waals surface area contributed by atoms with E-state index in [4.69, 9.17) is 9.47 Å². The summed E-state index contributed by atoms with van der Waals surface area (Å²) in [4.78, 5) is 22.8. The molecule has 4 rings (SSSR count). The molecule has 0 radical (unpaired) electrons. The molecule has 0 N–H and O–H groups in total. The van der Waals surface area contributed by atoms with Crippen molar-refractivity contribution in [3.8, 4) is 0 Å². The molecule has 7 atom stereocenters. The first kappa shape index (κ1) is 18.1. The Morgan fingerprint density at radius 3 is 2.50 bits per heavy atom. The van der Waals surface area contributed by atoms with Crippen LogP contribution in [-0.2, 0) is 19.1 Å². The van der Waals surface area contributed by atoms with Gasteiger partial charge in [-0.05, 0) is 68.6 Å². The van der Waals surface area contributed by atoms with Gasteiger partial charge < -0.3 is 9.47 Å². The maximum Gasteiger partial charge on any atom is 0.302 e. The van der Waals surface area contributed by atoms with Gasteiger partial charge in [-0.25, -0.2) is 0 Å². The molecule has 5 unspecified atom stereocenters. The van der Waals surface area contributed by atoms with E-state index in [2.05, 4.69) is 13.0 Å². The van der Waals surface area contributed by atoms with Gasteiger partial charge in [-0.3, -0.25) is 9.59 Å². The van der Waals surface area contributed by atoms with Crippen LogP contribution in [0.15, 0.2) is 11.6 Å². The summed E-state index contributed by atoms with van der Waals surface area (Å²) in [5.74, 6) is 2.57. The number of rotatable bonds is 2. The molecule has 3 fully saturated rings. The average Bonchev–Trinajstić information content (AvgIpc) is 2.90. The van der Waals surface area contributed by atoms with Gasteiger partial charge in [-0.2, -0.15) is 0 Å². The predicted molar refractivity (Wildman–Crippen MR) is 98.2 cm³/mol. The first-order valence-electron chi connectivity index (χ1n) is 10.4. The van der Waals surface area contributed by atoms with Crippen molar-refractivity contribution in [1.29, 1.82) is 0 Å². The van der Waals surface area contributed by atoms with Crippen LogP contribution in [0.3, 0.4) is 0 Å². The van der Waals surface area contributed by atoms with E-state index < -0.39 is 0 Å². The van der Waals surface area contributed by atoms with E-state index in [1.165, 1.54) is 26.2 Å². The molecule has 4 aliphatic rings. The Kier molecular flexibility index (Phi) is 4.65. The topological polar surface area (TPSA) is 52.6 Å². The fraction of sp³-hybridized carbons (Fsp3) is 0.818. The monoisotopic (exact) mass is 360 g/mol. The average molecular weight is 360 g/mol. The lowest BCUT2D eigenvalue weighted by Crippen LogP contribution is -2.48. The van der Waals surface area contributed by atoms with Gasteiger partial charge in [-0.1, -0.05) is 18.6 Å². The first-order chi connectivity index (χ1) is 12.4. The zero-order chi connectivity index (χ0) is 18.5. The van der Waals surface area contributed by atoms with E-state index in [0.717, 1.165) is 43.9 Å². The summed E-state index contributed by atoms with van der Waals surface area (Å²) < 4.78 is 11.2. The molecule has 144 valence electrons. The third kappa shape index (κ3) is 2.99. The van der Waals surface area contributed by atoms with Gasteiger partial charge in [0.1, 0.15) is 12.2 Å². The molecule has 0 aromatic heterocycles. The summed E-state index contributed by atoms with van der Waals surface area (Å²) in [6.07, 6.45) is 11.5. The number of fused-ring (bicyclic) bond motifs is 5. The zero-order valence-corrected chi connectivity index (χ0v) is 16.3. The van der Waals surface area contributed by atoms with Crippen LogP contribution in [0.1, 0.15) is 72.1 Å². The Morgan fingerprint density at radius 2 is 1.77 bits per heavy atom. The van der Waals surface area contributed by atoms with Crippen LogP contribution in [0.5, 0.6) is 0 Å². The van der Waals surface area contributed by atoms with Crippen LogP contribution in [0.25, 0.3) is 0 Å². The van der Waals surface area contributed by atoms with E-state index in [9.17, 15) is 9.59 Å².